The number of halogens is 2. The highest BCUT2D eigenvalue weighted by Crippen LogP contribution is 2.24. The molecule has 8 heteroatoms. The van der Waals surface area contributed by atoms with Crippen LogP contribution in [0.15, 0.2) is 24.5 Å². The molecule has 2 heterocycles. The Kier molecular flexibility index (Phi) is 4.92. The van der Waals surface area contributed by atoms with Gasteiger partial charge in [0.05, 0.1) is 5.56 Å². The lowest BCUT2D eigenvalue weighted by molar-refractivity contribution is -0.148. The third kappa shape index (κ3) is 3.40. The number of aromatic nitrogens is 4. The van der Waals surface area contributed by atoms with Gasteiger partial charge in [0.1, 0.15) is 24.1 Å². The fraction of sp³-hybridized carbons (Fsp3) is 0.333. The second kappa shape index (κ2) is 7.15. The molecule has 3 rings (SSSR count). The van der Waals surface area contributed by atoms with Crippen LogP contribution in [-0.4, -0.2) is 25.6 Å². The van der Waals surface area contributed by atoms with Gasteiger partial charge in [0, 0.05) is 17.8 Å². The topological polar surface area (TPSA) is 69.4 Å². The van der Waals surface area contributed by atoms with Crippen LogP contribution in [-0.2, 0) is 16.0 Å². The van der Waals surface area contributed by atoms with Crippen molar-refractivity contribution in [1.82, 2.24) is 19.6 Å². The van der Waals surface area contributed by atoms with Crippen molar-refractivity contribution in [2.24, 2.45) is 0 Å². The van der Waals surface area contributed by atoms with Crippen molar-refractivity contribution in [3.05, 3.63) is 58.7 Å². The van der Waals surface area contributed by atoms with Gasteiger partial charge in [0.15, 0.2) is 0 Å². The van der Waals surface area contributed by atoms with Crippen LogP contribution >= 0.6 is 0 Å². The van der Waals surface area contributed by atoms with E-state index in [4.69, 9.17) is 4.74 Å². The van der Waals surface area contributed by atoms with Crippen LogP contribution in [0.5, 0.6) is 0 Å². The molecule has 6 nitrogen and oxygen atoms in total. The molecule has 136 valence electrons. The van der Waals surface area contributed by atoms with Gasteiger partial charge in [-0.25, -0.2) is 18.3 Å². The minimum atomic E-state index is -1.01. The van der Waals surface area contributed by atoms with Crippen molar-refractivity contribution in [1.29, 1.82) is 0 Å². The first kappa shape index (κ1) is 17.9. The van der Waals surface area contributed by atoms with Gasteiger partial charge < -0.3 is 4.74 Å². The van der Waals surface area contributed by atoms with Gasteiger partial charge in [-0.1, -0.05) is 6.07 Å². The summed E-state index contributed by atoms with van der Waals surface area (Å²) in [7, 11) is 0. The summed E-state index contributed by atoms with van der Waals surface area (Å²) in [4.78, 5) is 20.5. The fourth-order valence-corrected chi connectivity index (χ4v) is 2.96. The lowest BCUT2D eigenvalue weighted by Gasteiger charge is -2.15. The van der Waals surface area contributed by atoms with Crippen LogP contribution < -0.4 is 0 Å². The molecule has 1 aromatic carbocycles. The Hall–Kier alpha value is -2.90. The van der Waals surface area contributed by atoms with Gasteiger partial charge in [0.25, 0.3) is 5.78 Å². The number of nitrogens with zero attached hydrogens (tertiary/aromatic N) is 4. The Labute approximate surface area is 148 Å². The summed E-state index contributed by atoms with van der Waals surface area (Å²) in [6.45, 7) is 5.15. The average molecular weight is 360 g/mol. The zero-order chi connectivity index (χ0) is 18.8. The summed E-state index contributed by atoms with van der Waals surface area (Å²) in [5, 5.41) is 4.10. The summed E-state index contributed by atoms with van der Waals surface area (Å²) in [5.74, 6) is -1.52. The molecule has 26 heavy (non-hydrogen) atoms. The standard InChI is InChI=1S/C18H18F2N4O2/c1-10-13(11(2)24-18(23-10)21-9-22-24)7-8-16(25)26-12(3)17-14(19)5-4-6-15(17)20/h4-6,9,12H,7-8H2,1-3H3/t12-/m0/s1. The van der Waals surface area contributed by atoms with Crippen LogP contribution in [0.2, 0.25) is 0 Å². The summed E-state index contributed by atoms with van der Waals surface area (Å²) < 4.78 is 34.3. The van der Waals surface area contributed by atoms with Gasteiger partial charge in [-0.15, -0.1) is 0 Å². The molecule has 2 aromatic heterocycles. The summed E-state index contributed by atoms with van der Waals surface area (Å²) in [6.07, 6.45) is 0.842. The molecule has 3 aromatic rings. The lowest BCUT2D eigenvalue weighted by atomic mass is 10.1. The van der Waals surface area contributed by atoms with E-state index in [1.807, 2.05) is 13.8 Å². The predicted octanol–water partition coefficient (Wildman–Crippen LogP) is 3.26. The Balaban J connectivity index is 1.70. The van der Waals surface area contributed by atoms with Crippen LogP contribution in [0.25, 0.3) is 5.78 Å². The SMILES string of the molecule is Cc1nc2ncnn2c(C)c1CCC(=O)O[C@@H](C)c1c(F)cccc1F. The molecular weight excluding hydrogens is 342 g/mol. The van der Waals surface area contributed by atoms with Crippen molar-refractivity contribution >= 4 is 11.7 Å². The van der Waals surface area contributed by atoms with E-state index >= 15 is 0 Å². The smallest absolute Gasteiger partial charge is 0.306 e. The normalized spacial score (nSPS) is 12.3. The number of fused-ring (bicyclic) bond motifs is 1. The molecule has 1 atom stereocenters. The Bertz CT molecular complexity index is 951. The molecule has 0 saturated heterocycles. The molecule has 0 aliphatic carbocycles. The molecule has 0 N–H and O–H groups in total. The van der Waals surface area contributed by atoms with Crippen molar-refractivity contribution in [2.45, 2.75) is 39.7 Å². The van der Waals surface area contributed by atoms with E-state index in [1.165, 1.54) is 19.3 Å². The van der Waals surface area contributed by atoms with E-state index in [1.54, 1.807) is 4.52 Å². The number of ether oxygens (including phenoxy) is 1. The molecule has 0 aliphatic heterocycles. The van der Waals surface area contributed by atoms with Gasteiger partial charge in [-0.05, 0) is 44.9 Å². The molecule has 0 fully saturated rings. The number of hydrogen-bond acceptors (Lipinski definition) is 5. The number of carbonyl (C=O) groups excluding carboxylic acids is 1. The van der Waals surface area contributed by atoms with Gasteiger partial charge >= 0.3 is 5.97 Å². The number of carbonyl (C=O) groups is 1. The van der Waals surface area contributed by atoms with E-state index in [-0.39, 0.29) is 12.0 Å². The van der Waals surface area contributed by atoms with Crippen LogP contribution in [0.3, 0.4) is 0 Å². The van der Waals surface area contributed by atoms with E-state index in [2.05, 4.69) is 15.1 Å². The predicted molar refractivity (Wildman–Crippen MR) is 89.4 cm³/mol. The first-order valence-electron chi connectivity index (χ1n) is 8.17. The first-order chi connectivity index (χ1) is 12.4. The van der Waals surface area contributed by atoms with Crippen molar-refractivity contribution in [3.8, 4) is 0 Å². The zero-order valence-electron chi connectivity index (χ0n) is 14.7. The third-order valence-corrected chi connectivity index (χ3v) is 4.28. The number of hydrogen-bond donors (Lipinski definition) is 0. The summed E-state index contributed by atoms with van der Waals surface area (Å²) in [5.41, 5.74) is 2.21. The van der Waals surface area contributed by atoms with Crippen molar-refractivity contribution in [3.63, 3.8) is 0 Å². The Morgan fingerprint density at radius 3 is 2.65 bits per heavy atom. The number of benzene rings is 1. The highest BCUT2D eigenvalue weighted by molar-refractivity contribution is 5.70. The third-order valence-electron chi connectivity index (χ3n) is 4.28. The summed E-state index contributed by atoms with van der Waals surface area (Å²) >= 11 is 0. The zero-order valence-corrected chi connectivity index (χ0v) is 14.7. The lowest BCUT2D eigenvalue weighted by Crippen LogP contribution is -2.14. The quantitative estimate of drug-likeness (QED) is 0.653. The number of aryl methyl sites for hydroxylation is 2. The molecule has 0 bridgehead atoms. The largest absolute Gasteiger partial charge is 0.458 e. The number of rotatable bonds is 5. The highest BCUT2D eigenvalue weighted by Gasteiger charge is 2.20. The number of esters is 1. The second-order valence-electron chi connectivity index (χ2n) is 6.00. The summed E-state index contributed by atoms with van der Waals surface area (Å²) in [6, 6.07) is 3.53. The van der Waals surface area contributed by atoms with Crippen molar-refractivity contribution < 1.29 is 18.3 Å². The van der Waals surface area contributed by atoms with Gasteiger partial charge in [-0.2, -0.15) is 10.1 Å². The maximum Gasteiger partial charge on any atom is 0.306 e. The van der Waals surface area contributed by atoms with Crippen LogP contribution in [0.4, 0.5) is 8.78 Å². The second-order valence-corrected chi connectivity index (χ2v) is 6.00. The van der Waals surface area contributed by atoms with E-state index < -0.39 is 23.7 Å². The molecule has 0 aliphatic rings. The monoisotopic (exact) mass is 360 g/mol. The Morgan fingerprint density at radius 2 is 1.96 bits per heavy atom. The minimum absolute atomic E-state index is 0.0595. The van der Waals surface area contributed by atoms with E-state index in [0.29, 0.717) is 12.2 Å². The molecule has 0 radical (unpaired) electrons. The minimum Gasteiger partial charge on any atom is -0.458 e. The van der Waals surface area contributed by atoms with Crippen LogP contribution in [0.1, 0.15) is 42.0 Å². The average Bonchev–Trinajstić information content (AvgIpc) is 3.02. The van der Waals surface area contributed by atoms with Gasteiger partial charge in [-0.3, -0.25) is 4.79 Å². The highest BCUT2D eigenvalue weighted by atomic mass is 19.1. The molecule has 0 spiro atoms. The Morgan fingerprint density at radius 1 is 1.27 bits per heavy atom. The van der Waals surface area contributed by atoms with E-state index in [0.717, 1.165) is 29.1 Å². The molecule has 0 saturated carbocycles. The van der Waals surface area contributed by atoms with Gasteiger partial charge in [0.2, 0.25) is 0 Å². The molecule has 0 unspecified atom stereocenters. The fourth-order valence-electron chi connectivity index (χ4n) is 2.96. The van der Waals surface area contributed by atoms with E-state index in [9.17, 15) is 13.6 Å². The first-order valence-corrected chi connectivity index (χ1v) is 8.17. The maximum absolute atomic E-state index is 13.8. The van der Waals surface area contributed by atoms with Crippen molar-refractivity contribution in [2.75, 3.05) is 0 Å². The van der Waals surface area contributed by atoms with Crippen LogP contribution in [0, 0.1) is 25.5 Å². The molecular formula is C18H18F2N4O2. The maximum atomic E-state index is 13.8. The molecule has 0 amide bonds.